The summed E-state index contributed by atoms with van der Waals surface area (Å²) >= 11 is 0. The van der Waals surface area contributed by atoms with Crippen molar-refractivity contribution < 1.29 is 18.7 Å². The number of carbonyl (C=O) groups is 1. The van der Waals surface area contributed by atoms with Gasteiger partial charge in [0.05, 0.1) is 5.41 Å². The van der Waals surface area contributed by atoms with E-state index < -0.39 is 17.3 Å². The van der Waals surface area contributed by atoms with Gasteiger partial charge in [-0.25, -0.2) is 8.78 Å². The van der Waals surface area contributed by atoms with Crippen molar-refractivity contribution in [2.75, 3.05) is 0 Å². The highest BCUT2D eigenvalue weighted by molar-refractivity contribution is 5.77. The molecule has 0 amide bonds. The van der Waals surface area contributed by atoms with E-state index in [1.807, 2.05) is 0 Å². The van der Waals surface area contributed by atoms with Crippen molar-refractivity contribution >= 4 is 5.97 Å². The molecular weight excluding hydrogens is 190 g/mol. The highest BCUT2D eigenvalue weighted by Crippen LogP contribution is 2.54. The van der Waals surface area contributed by atoms with Crippen LogP contribution in [0.1, 0.15) is 38.5 Å². The Morgan fingerprint density at radius 1 is 1.36 bits per heavy atom. The number of hydrogen-bond acceptors (Lipinski definition) is 1. The Balaban J connectivity index is 1.91. The van der Waals surface area contributed by atoms with E-state index in [2.05, 4.69) is 0 Å². The first-order chi connectivity index (χ1) is 6.44. The monoisotopic (exact) mass is 204 g/mol. The standard InChI is InChI=1S/C10H14F2O2/c11-10(12)2-1-7(6-10)5-9(3-4-9)8(13)14/h7H,1-6H2,(H,13,14). The smallest absolute Gasteiger partial charge is 0.309 e. The van der Waals surface area contributed by atoms with Gasteiger partial charge in [0, 0.05) is 12.8 Å². The van der Waals surface area contributed by atoms with E-state index in [-0.39, 0.29) is 18.8 Å². The van der Waals surface area contributed by atoms with Crippen LogP contribution < -0.4 is 0 Å². The van der Waals surface area contributed by atoms with Crippen molar-refractivity contribution in [3.63, 3.8) is 0 Å². The fourth-order valence-electron chi connectivity index (χ4n) is 2.42. The second-order valence-corrected chi connectivity index (χ2v) is 4.75. The van der Waals surface area contributed by atoms with Crippen LogP contribution in [0.15, 0.2) is 0 Å². The lowest BCUT2D eigenvalue weighted by molar-refractivity contribution is -0.144. The van der Waals surface area contributed by atoms with Crippen LogP contribution in [-0.2, 0) is 4.79 Å². The molecule has 2 fully saturated rings. The molecule has 2 aliphatic rings. The van der Waals surface area contributed by atoms with Gasteiger partial charge in [-0.3, -0.25) is 4.79 Å². The van der Waals surface area contributed by atoms with Crippen molar-refractivity contribution in [1.82, 2.24) is 0 Å². The van der Waals surface area contributed by atoms with E-state index in [0.29, 0.717) is 25.7 Å². The van der Waals surface area contributed by atoms with Crippen LogP contribution in [0, 0.1) is 11.3 Å². The molecule has 2 saturated carbocycles. The van der Waals surface area contributed by atoms with Gasteiger partial charge in [0.15, 0.2) is 0 Å². The predicted octanol–water partition coefficient (Wildman–Crippen LogP) is 2.68. The van der Waals surface area contributed by atoms with Crippen molar-refractivity contribution in [3.05, 3.63) is 0 Å². The van der Waals surface area contributed by atoms with Gasteiger partial charge < -0.3 is 5.11 Å². The zero-order valence-electron chi connectivity index (χ0n) is 7.93. The average Bonchev–Trinajstić information content (AvgIpc) is 2.74. The topological polar surface area (TPSA) is 37.3 Å². The zero-order valence-corrected chi connectivity index (χ0v) is 7.93. The summed E-state index contributed by atoms with van der Waals surface area (Å²) in [4.78, 5) is 10.8. The fourth-order valence-corrected chi connectivity index (χ4v) is 2.42. The summed E-state index contributed by atoms with van der Waals surface area (Å²) < 4.78 is 25.7. The molecule has 0 aliphatic heterocycles. The third-order valence-electron chi connectivity index (χ3n) is 3.49. The van der Waals surface area contributed by atoms with Gasteiger partial charge in [-0.05, 0) is 31.6 Å². The molecule has 0 radical (unpaired) electrons. The SMILES string of the molecule is O=C(O)C1(CC2CCC(F)(F)C2)CC1. The summed E-state index contributed by atoms with van der Waals surface area (Å²) in [6.45, 7) is 0. The Bertz CT molecular complexity index is 259. The lowest BCUT2D eigenvalue weighted by atomic mass is 9.91. The van der Waals surface area contributed by atoms with Crippen LogP contribution in [0.25, 0.3) is 0 Å². The molecular formula is C10H14F2O2. The molecule has 1 atom stereocenters. The van der Waals surface area contributed by atoms with Gasteiger partial charge in [-0.1, -0.05) is 0 Å². The molecule has 0 aromatic rings. The summed E-state index contributed by atoms with van der Waals surface area (Å²) in [5.74, 6) is -3.42. The molecule has 0 spiro atoms. The van der Waals surface area contributed by atoms with Crippen LogP contribution >= 0.6 is 0 Å². The quantitative estimate of drug-likeness (QED) is 0.767. The lowest BCUT2D eigenvalue weighted by Crippen LogP contribution is -2.19. The molecule has 1 unspecified atom stereocenters. The summed E-state index contributed by atoms with van der Waals surface area (Å²) in [6, 6.07) is 0. The van der Waals surface area contributed by atoms with Crippen molar-refractivity contribution in [3.8, 4) is 0 Å². The first kappa shape index (κ1) is 9.87. The number of hydrogen-bond donors (Lipinski definition) is 1. The van der Waals surface area contributed by atoms with Crippen molar-refractivity contribution in [2.24, 2.45) is 11.3 Å². The first-order valence-corrected chi connectivity index (χ1v) is 5.05. The maximum absolute atomic E-state index is 12.8. The fraction of sp³-hybridized carbons (Fsp3) is 0.900. The molecule has 0 aromatic heterocycles. The van der Waals surface area contributed by atoms with E-state index in [0.717, 1.165) is 0 Å². The molecule has 2 rings (SSSR count). The minimum absolute atomic E-state index is 0.0621. The molecule has 0 aromatic carbocycles. The zero-order chi connectivity index (χ0) is 10.4. The molecule has 4 heteroatoms. The Morgan fingerprint density at radius 3 is 2.36 bits per heavy atom. The number of rotatable bonds is 3. The molecule has 1 N–H and O–H groups in total. The van der Waals surface area contributed by atoms with Gasteiger partial charge in [0.2, 0.25) is 5.92 Å². The molecule has 0 saturated heterocycles. The number of aliphatic carboxylic acids is 1. The van der Waals surface area contributed by atoms with Crippen molar-refractivity contribution in [1.29, 1.82) is 0 Å². The van der Waals surface area contributed by atoms with Crippen LogP contribution in [-0.4, -0.2) is 17.0 Å². The summed E-state index contributed by atoms with van der Waals surface area (Å²) in [6.07, 6.45) is 2.12. The van der Waals surface area contributed by atoms with E-state index in [1.54, 1.807) is 0 Å². The third-order valence-corrected chi connectivity index (χ3v) is 3.49. The number of halogens is 2. The maximum atomic E-state index is 12.8. The normalized spacial score (nSPS) is 32.9. The molecule has 2 nitrogen and oxygen atoms in total. The highest BCUT2D eigenvalue weighted by atomic mass is 19.3. The summed E-state index contributed by atoms with van der Waals surface area (Å²) in [5.41, 5.74) is -0.634. The minimum Gasteiger partial charge on any atom is -0.481 e. The number of carboxylic acid groups (broad SMARTS) is 1. The molecule has 14 heavy (non-hydrogen) atoms. The molecule has 0 heterocycles. The largest absolute Gasteiger partial charge is 0.481 e. The van der Waals surface area contributed by atoms with E-state index in [1.165, 1.54) is 0 Å². The number of carboxylic acids is 1. The Labute approximate surface area is 81.3 Å². The van der Waals surface area contributed by atoms with Gasteiger partial charge >= 0.3 is 5.97 Å². The second kappa shape index (κ2) is 2.91. The second-order valence-electron chi connectivity index (χ2n) is 4.75. The van der Waals surface area contributed by atoms with E-state index in [4.69, 9.17) is 5.11 Å². The Morgan fingerprint density at radius 2 is 2.00 bits per heavy atom. The van der Waals surface area contributed by atoms with E-state index >= 15 is 0 Å². The van der Waals surface area contributed by atoms with Crippen LogP contribution in [0.5, 0.6) is 0 Å². The van der Waals surface area contributed by atoms with Gasteiger partial charge in [0.25, 0.3) is 0 Å². The lowest BCUT2D eigenvalue weighted by Gasteiger charge is -2.15. The average molecular weight is 204 g/mol. The van der Waals surface area contributed by atoms with Gasteiger partial charge in [0.1, 0.15) is 0 Å². The highest BCUT2D eigenvalue weighted by Gasteiger charge is 2.53. The Kier molecular flexibility index (Phi) is 2.05. The summed E-state index contributed by atoms with van der Waals surface area (Å²) in [7, 11) is 0. The van der Waals surface area contributed by atoms with Crippen LogP contribution in [0.2, 0.25) is 0 Å². The predicted molar refractivity (Wildman–Crippen MR) is 46.2 cm³/mol. The van der Waals surface area contributed by atoms with Crippen LogP contribution in [0.3, 0.4) is 0 Å². The van der Waals surface area contributed by atoms with E-state index in [9.17, 15) is 13.6 Å². The third kappa shape index (κ3) is 1.74. The molecule has 80 valence electrons. The number of alkyl halides is 2. The molecule has 2 aliphatic carbocycles. The van der Waals surface area contributed by atoms with Gasteiger partial charge in [-0.15, -0.1) is 0 Å². The van der Waals surface area contributed by atoms with Crippen LogP contribution in [0.4, 0.5) is 8.78 Å². The molecule has 0 bridgehead atoms. The van der Waals surface area contributed by atoms with Crippen molar-refractivity contribution in [2.45, 2.75) is 44.4 Å². The maximum Gasteiger partial charge on any atom is 0.309 e. The van der Waals surface area contributed by atoms with Gasteiger partial charge in [-0.2, -0.15) is 0 Å². The first-order valence-electron chi connectivity index (χ1n) is 5.05. The Hall–Kier alpha value is -0.670. The minimum atomic E-state index is -2.54. The summed E-state index contributed by atoms with van der Waals surface area (Å²) in [5, 5.41) is 8.91.